The fourth-order valence-electron chi connectivity index (χ4n) is 3.83. The lowest BCUT2D eigenvalue weighted by Crippen LogP contribution is -2.35. The van der Waals surface area contributed by atoms with Crippen molar-refractivity contribution in [2.75, 3.05) is 11.9 Å². The number of thiophene rings is 1. The van der Waals surface area contributed by atoms with Gasteiger partial charge in [0.05, 0.1) is 12.1 Å². The van der Waals surface area contributed by atoms with Gasteiger partial charge in [-0.1, -0.05) is 26.0 Å². The molecular weight excluding hydrogens is 290 g/mol. The van der Waals surface area contributed by atoms with Gasteiger partial charge in [0.15, 0.2) is 0 Å². The summed E-state index contributed by atoms with van der Waals surface area (Å²) >= 11 is 1.78. The molecule has 2 nitrogen and oxygen atoms in total. The van der Waals surface area contributed by atoms with Crippen LogP contribution in [0.5, 0.6) is 0 Å². The van der Waals surface area contributed by atoms with Gasteiger partial charge in [0.2, 0.25) is 0 Å². The number of fused-ring (bicyclic) bond motifs is 3. The quantitative estimate of drug-likeness (QED) is 0.789. The second kappa shape index (κ2) is 5.71. The first kappa shape index (κ1) is 14.3. The Morgan fingerprint density at radius 1 is 1.27 bits per heavy atom. The van der Waals surface area contributed by atoms with Crippen LogP contribution < -0.4 is 5.32 Å². The second-order valence-electron chi connectivity index (χ2n) is 6.78. The summed E-state index contributed by atoms with van der Waals surface area (Å²) in [6.07, 6.45) is 2.65. The Morgan fingerprint density at radius 3 is 2.95 bits per heavy atom. The normalized spacial score (nSPS) is 27.1. The maximum absolute atomic E-state index is 6.23. The van der Waals surface area contributed by atoms with E-state index in [1.165, 1.54) is 35.2 Å². The minimum Gasteiger partial charge on any atom is -0.378 e. The molecule has 2 aliphatic rings. The summed E-state index contributed by atoms with van der Waals surface area (Å²) in [6.45, 7) is 5.40. The molecular formula is C19H23NOS. The highest BCUT2D eigenvalue weighted by Crippen LogP contribution is 2.49. The predicted molar refractivity (Wildman–Crippen MR) is 92.6 cm³/mol. The van der Waals surface area contributed by atoms with Gasteiger partial charge in [-0.3, -0.25) is 0 Å². The Kier molecular flexibility index (Phi) is 3.71. The Hall–Kier alpha value is -1.32. The Balaban J connectivity index is 1.77. The fraction of sp³-hybridized carbons (Fsp3) is 0.474. The second-order valence-corrected chi connectivity index (χ2v) is 7.56. The molecule has 3 heterocycles. The maximum atomic E-state index is 6.23. The molecule has 3 heteroatoms. The third-order valence-electron chi connectivity index (χ3n) is 5.06. The molecule has 0 spiro atoms. The van der Waals surface area contributed by atoms with Crippen molar-refractivity contribution < 1.29 is 4.74 Å². The van der Waals surface area contributed by atoms with Crippen LogP contribution in [0.1, 0.15) is 61.4 Å². The number of hydrogen-bond donors (Lipinski definition) is 1. The van der Waals surface area contributed by atoms with Crippen LogP contribution >= 0.6 is 11.3 Å². The third kappa shape index (κ3) is 2.37. The molecule has 2 aromatic rings. The van der Waals surface area contributed by atoms with E-state index >= 15 is 0 Å². The number of rotatable bonds is 2. The number of nitrogens with one attached hydrogen (secondary N) is 1. The average Bonchev–Trinajstić information content (AvgIpc) is 3.08. The Labute approximate surface area is 136 Å². The van der Waals surface area contributed by atoms with Gasteiger partial charge in [0.25, 0.3) is 0 Å². The molecule has 1 saturated heterocycles. The van der Waals surface area contributed by atoms with Gasteiger partial charge in [-0.2, -0.15) is 11.3 Å². The van der Waals surface area contributed by atoms with Gasteiger partial charge in [-0.25, -0.2) is 0 Å². The van der Waals surface area contributed by atoms with E-state index in [1.807, 2.05) is 0 Å². The van der Waals surface area contributed by atoms with Crippen molar-refractivity contribution in [3.05, 3.63) is 51.7 Å². The van der Waals surface area contributed by atoms with Gasteiger partial charge in [0.1, 0.15) is 0 Å². The molecule has 1 aromatic carbocycles. The summed E-state index contributed by atoms with van der Waals surface area (Å²) in [4.78, 5) is 0. The van der Waals surface area contributed by atoms with Crippen LogP contribution in [0.2, 0.25) is 0 Å². The first-order chi connectivity index (χ1) is 10.7. The van der Waals surface area contributed by atoms with Gasteiger partial charge >= 0.3 is 0 Å². The molecule has 1 N–H and O–H groups in total. The van der Waals surface area contributed by atoms with Crippen LogP contribution in [0.25, 0.3) is 0 Å². The SMILES string of the molecule is CC(C)c1ccc2c(c1)[C@H]1OCCCC1[C@H](c1ccsc1)N2. The number of hydrogen-bond acceptors (Lipinski definition) is 3. The van der Waals surface area contributed by atoms with E-state index in [0.717, 1.165) is 6.61 Å². The van der Waals surface area contributed by atoms with Gasteiger partial charge < -0.3 is 10.1 Å². The lowest BCUT2D eigenvalue weighted by molar-refractivity contribution is -0.0381. The van der Waals surface area contributed by atoms with Gasteiger partial charge in [-0.05, 0) is 52.8 Å². The molecule has 0 bridgehead atoms. The molecule has 1 fully saturated rings. The van der Waals surface area contributed by atoms with E-state index < -0.39 is 0 Å². The van der Waals surface area contributed by atoms with Crippen molar-refractivity contribution in [3.8, 4) is 0 Å². The molecule has 0 aliphatic carbocycles. The zero-order chi connectivity index (χ0) is 15.1. The Morgan fingerprint density at radius 2 is 2.18 bits per heavy atom. The molecule has 1 unspecified atom stereocenters. The van der Waals surface area contributed by atoms with Crippen molar-refractivity contribution in [1.29, 1.82) is 0 Å². The number of benzene rings is 1. The van der Waals surface area contributed by atoms with E-state index in [9.17, 15) is 0 Å². The summed E-state index contributed by atoms with van der Waals surface area (Å²) in [5.41, 5.74) is 5.43. The molecule has 0 amide bonds. The smallest absolute Gasteiger partial charge is 0.0895 e. The van der Waals surface area contributed by atoms with Crippen LogP contribution in [0.3, 0.4) is 0 Å². The zero-order valence-electron chi connectivity index (χ0n) is 13.2. The van der Waals surface area contributed by atoms with E-state index in [2.05, 4.69) is 54.2 Å². The molecule has 3 atom stereocenters. The minimum absolute atomic E-state index is 0.244. The molecule has 0 saturated carbocycles. The number of anilines is 1. The summed E-state index contributed by atoms with van der Waals surface area (Å²) in [5.74, 6) is 1.10. The zero-order valence-corrected chi connectivity index (χ0v) is 14.0. The van der Waals surface area contributed by atoms with Crippen LogP contribution in [0.4, 0.5) is 5.69 Å². The summed E-state index contributed by atoms with van der Waals surface area (Å²) < 4.78 is 6.23. The van der Waals surface area contributed by atoms with Gasteiger partial charge in [0, 0.05) is 23.8 Å². The molecule has 4 rings (SSSR count). The first-order valence-corrected chi connectivity index (χ1v) is 9.22. The number of ether oxygens (including phenoxy) is 1. The lowest BCUT2D eigenvalue weighted by atomic mass is 9.77. The summed E-state index contributed by atoms with van der Waals surface area (Å²) in [6, 6.07) is 9.50. The summed E-state index contributed by atoms with van der Waals surface area (Å²) in [5, 5.41) is 8.24. The maximum Gasteiger partial charge on any atom is 0.0895 e. The molecule has 116 valence electrons. The topological polar surface area (TPSA) is 21.3 Å². The Bertz CT molecular complexity index is 649. The van der Waals surface area contributed by atoms with Crippen LogP contribution in [-0.2, 0) is 4.74 Å². The monoisotopic (exact) mass is 313 g/mol. The van der Waals surface area contributed by atoms with Crippen molar-refractivity contribution >= 4 is 17.0 Å². The van der Waals surface area contributed by atoms with Crippen molar-refractivity contribution in [3.63, 3.8) is 0 Å². The third-order valence-corrected chi connectivity index (χ3v) is 5.76. The van der Waals surface area contributed by atoms with Crippen LogP contribution in [0.15, 0.2) is 35.0 Å². The van der Waals surface area contributed by atoms with Crippen molar-refractivity contribution in [2.24, 2.45) is 5.92 Å². The van der Waals surface area contributed by atoms with Gasteiger partial charge in [-0.15, -0.1) is 0 Å². The molecule has 22 heavy (non-hydrogen) atoms. The highest BCUT2D eigenvalue weighted by Gasteiger charge is 2.39. The van der Waals surface area contributed by atoms with Crippen LogP contribution in [0, 0.1) is 5.92 Å². The minimum atomic E-state index is 0.244. The first-order valence-electron chi connectivity index (χ1n) is 8.28. The van der Waals surface area contributed by atoms with E-state index in [4.69, 9.17) is 4.74 Å². The van der Waals surface area contributed by atoms with Crippen molar-refractivity contribution in [1.82, 2.24) is 0 Å². The summed E-state index contributed by atoms with van der Waals surface area (Å²) in [7, 11) is 0. The van der Waals surface area contributed by atoms with Crippen LogP contribution in [-0.4, -0.2) is 6.61 Å². The molecule has 0 radical (unpaired) electrons. The molecule has 1 aromatic heterocycles. The lowest BCUT2D eigenvalue weighted by Gasteiger charge is -2.43. The van der Waals surface area contributed by atoms with E-state index in [1.54, 1.807) is 11.3 Å². The fourth-order valence-corrected chi connectivity index (χ4v) is 4.53. The predicted octanol–water partition coefficient (Wildman–Crippen LogP) is 5.51. The molecule has 2 aliphatic heterocycles. The van der Waals surface area contributed by atoms with E-state index in [0.29, 0.717) is 17.9 Å². The largest absolute Gasteiger partial charge is 0.378 e. The average molecular weight is 313 g/mol. The van der Waals surface area contributed by atoms with E-state index in [-0.39, 0.29) is 6.10 Å². The standard InChI is InChI=1S/C19H23NOS/c1-12(2)13-5-6-17-16(10-13)19-15(4-3-8-21-19)18(20-17)14-7-9-22-11-14/h5-7,9-12,15,18-20H,3-4,8H2,1-2H3/t15?,18-,19-/m0/s1. The van der Waals surface area contributed by atoms with Crippen molar-refractivity contribution in [2.45, 2.75) is 44.8 Å². The highest BCUT2D eigenvalue weighted by atomic mass is 32.1. The highest BCUT2D eigenvalue weighted by molar-refractivity contribution is 7.08.